The highest BCUT2D eigenvalue weighted by Gasteiger charge is 2.35. The smallest absolute Gasteiger partial charge is 0.317 e. The van der Waals surface area contributed by atoms with E-state index in [-0.39, 0.29) is 12.1 Å². The summed E-state index contributed by atoms with van der Waals surface area (Å²) in [6.45, 7) is 5.97. The molecule has 7 heteroatoms. The molecule has 3 aliphatic heterocycles. The van der Waals surface area contributed by atoms with Gasteiger partial charge in [0.15, 0.2) is 0 Å². The summed E-state index contributed by atoms with van der Waals surface area (Å²) in [5.41, 5.74) is 8.13. The van der Waals surface area contributed by atoms with E-state index in [0.29, 0.717) is 19.0 Å². The Morgan fingerprint density at radius 3 is 2.94 bits per heavy atom. The molecule has 0 saturated carbocycles. The van der Waals surface area contributed by atoms with Crippen molar-refractivity contribution in [1.29, 1.82) is 0 Å². The largest absolute Gasteiger partial charge is 0.493 e. The third-order valence-electron chi connectivity index (χ3n) is 7.58. The number of aromatic amines is 1. The second-order valence-corrected chi connectivity index (χ2v) is 9.86. The molecule has 6 rings (SSSR count). The molecule has 3 aliphatic rings. The summed E-state index contributed by atoms with van der Waals surface area (Å²) in [5, 5.41) is 11.2. The van der Waals surface area contributed by atoms with E-state index in [9.17, 15) is 4.79 Å². The Labute approximate surface area is 200 Å². The van der Waals surface area contributed by atoms with Crippen LogP contribution in [0.5, 0.6) is 5.75 Å². The van der Waals surface area contributed by atoms with Gasteiger partial charge in [0.1, 0.15) is 5.75 Å². The maximum Gasteiger partial charge on any atom is 0.317 e. The molecule has 1 fully saturated rings. The first-order chi connectivity index (χ1) is 16.6. The lowest BCUT2D eigenvalue weighted by Gasteiger charge is -2.30. The maximum atomic E-state index is 13.4. The highest BCUT2D eigenvalue weighted by molar-refractivity contribution is 5.76. The monoisotopic (exact) mass is 457 g/mol. The van der Waals surface area contributed by atoms with E-state index >= 15 is 0 Å². The van der Waals surface area contributed by atoms with Crippen molar-refractivity contribution in [2.24, 2.45) is 0 Å². The van der Waals surface area contributed by atoms with Crippen molar-refractivity contribution in [2.75, 3.05) is 33.3 Å². The van der Waals surface area contributed by atoms with Crippen molar-refractivity contribution >= 4 is 6.03 Å². The average molecular weight is 458 g/mol. The number of fused-ring (bicyclic) bond motifs is 2. The first-order valence-electron chi connectivity index (χ1n) is 12.2. The number of nitrogens with one attached hydrogen (secondary N) is 2. The van der Waals surface area contributed by atoms with Crippen LogP contribution in [0.25, 0.3) is 11.3 Å². The predicted octanol–water partition coefficient (Wildman–Crippen LogP) is 3.49. The van der Waals surface area contributed by atoms with Gasteiger partial charge in [-0.05, 0) is 48.9 Å². The first-order valence-corrected chi connectivity index (χ1v) is 12.2. The lowest BCUT2D eigenvalue weighted by Crippen LogP contribution is -2.48. The molecule has 34 heavy (non-hydrogen) atoms. The van der Waals surface area contributed by atoms with Crippen molar-refractivity contribution in [3.63, 3.8) is 0 Å². The van der Waals surface area contributed by atoms with Gasteiger partial charge < -0.3 is 19.9 Å². The molecule has 2 N–H and O–H groups in total. The Morgan fingerprint density at radius 2 is 2.06 bits per heavy atom. The Kier molecular flexibility index (Phi) is 5.29. The number of hydrogen-bond acceptors (Lipinski definition) is 4. The molecule has 0 bridgehead atoms. The normalized spacial score (nSPS) is 21.8. The minimum absolute atomic E-state index is 0.0130. The van der Waals surface area contributed by atoms with Gasteiger partial charge in [0.25, 0.3) is 0 Å². The van der Waals surface area contributed by atoms with E-state index in [2.05, 4.69) is 70.8 Å². The van der Waals surface area contributed by atoms with Crippen LogP contribution in [0.1, 0.15) is 33.9 Å². The second-order valence-electron chi connectivity index (χ2n) is 9.86. The van der Waals surface area contributed by atoms with Crippen LogP contribution in [-0.2, 0) is 19.4 Å². The quantitative estimate of drug-likeness (QED) is 0.632. The minimum atomic E-state index is 0.0130. The average Bonchev–Trinajstić information content (AvgIpc) is 3.56. The molecule has 0 radical (unpaired) electrons. The van der Waals surface area contributed by atoms with Gasteiger partial charge >= 0.3 is 6.03 Å². The number of aromatic nitrogens is 2. The molecule has 2 aromatic carbocycles. The van der Waals surface area contributed by atoms with Crippen molar-refractivity contribution in [3.8, 4) is 17.0 Å². The predicted molar refractivity (Wildman–Crippen MR) is 131 cm³/mol. The molecule has 2 atom stereocenters. The topological polar surface area (TPSA) is 73.5 Å². The molecule has 176 valence electrons. The molecule has 7 nitrogen and oxygen atoms in total. The Hall–Kier alpha value is -3.32. The van der Waals surface area contributed by atoms with Crippen molar-refractivity contribution in [3.05, 3.63) is 70.4 Å². The van der Waals surface area contributed by atoms with E-state index in [4.69, 9.17) is 4.74 Å². The Bertz CT molecular complexity index is 1240. The third-order valence-corrected chi connectivity index (χ3v) is 7.58. The highest BCUT2D eigenvalue weighted by atomic mass is 16.5. The molecular weight excluding hydrogens is 426 g/mol. The zero-order valence-electron chi connectivity index (χ0n) is 19.8. The van der Waals surface area contributed by atoms with Crippen LogP contribution >= 0.6 is 0 Å². The van der Waals surface area contributed by atoms with Gasteiger partial charge in [-0.3, -0.25) is 5.10 Å². The van der Waals surface area contributed by atoms with Crippen LogP contribution < -0.4 is 10.1 Å². The number of hydrogen-bond donors (Lipinski definition) is 2. The van der Waals surface area contributed by atoms with Crippen LogP contribution in [0.15, 0.2) is 42.5 Å². The van der Waals surface area contributed by atoms with Crippen molar-refractivity contribution in [1.82, 2.24) is 25.3 Å². The summed E-state index contributed by atoms with van der Waals surface area (Å²) in [5.74, 6) is 1.27. The number of ether oxygens (including phenoxy) is 1. The summed E-state index contributed by atoms with van der Waals surface area (Å²) < 4.78 is 5.66. The molecule has 0 aliphatic carbocycles. The number of amides is 2. The van der Waals surface area contributed by atoms with Crippen molar-refractivity contribution in [2.45, 2.75) is 38.3 Å². The van der Waals surface area contributed by atoms with E-state index in [1.807, 2.05) is 11.0 Å². The molecule has 0 unspecified atom stereocenters. The summed E-state index contributed by atoms with van der Waals surface area (Å²) >= 11 is 0. The summed E-state index contributed by atoms with van der Waals surface area (Å²) in [7, 11) is 2.13. The van der Waals surface area contributed by atoms with Crippen LogP contribution in [0, 0.1) is 6.92 Å². The molecule has 1 saturated heterocycles. The molecule has 4 heterocycles. The second kappa shape index (κ2) is 8.47. The number of carbonyl (C=O) groups excluding carboxylic acids is 1. The first kappa shape index (κ1) is 21.2. The van der Waals surface area contributed by atoms with Gasteiger partial charge in [0.05, 0.1) is 24.9 Å². The number of likely N-dealkylation sites (N-methyl/N-ethyl adjacent to an activating group) is 1. The fraction of sp³-hybridized carbons (Fsp3) is 0.407. The SMILES string of the molecule is Cc1ccccc1[C@H]1CN(C)C[C@@H]1NC(=O)N1CCc2[nH]nc(-c3ccc4c(c3)CCO4)c2C1. The standard InChI is InChI=1S/C27H31N5O2/c1-17-5-3-4-6-20(17)21-14-31(2)16-24(21)28-27(33)32-11-9-23-22(15-32)26(30-29-23)19-7-8-25-18(13-19)10-12-34-25/h3-8,13,21,24H,9-12,14-16H2,1-2H3,(H,28,33)(H,29,30)/t21-,24+/m1/s1. The number of urea groups is 1. The fourth-order valence-electron chi connectivity index (χ4n) is 5.76. The number of rotatable bonds is 3. The third kappa shape index (κ3) is 3.74. The molecule has 3 aromatic rings. The van der Waals surface area contributed by atoms with E-state index in [0.717, 1.165) is 60.8 Å². The van der Waals surface area contributed by atoms with E-state index in [1.165, 1.54) is 16.7 Å². The lowest BCUT2D eigenvalue weighted by molar-refractivity contribution is 0.187. The van der Waals surface area contributed by atoms with Crippen LogP contribution in [-0.4, -0.2) is 65.4 Å². The highest BCUT2D eigenvalue weighted by Crippen LogP contribution is 2.34. The number of H-pyrrole nitrogens is 1. The maximum absolute atomic E-state index is 13.4. The number of nitrogens with zero attached hydrogens (tertiary/aromatic N) is 3. The summed E-state index contributed by atoms with van der Waals surface area (Å²) in [6, 6.07) is 14.9. The number of benzene rings is 2. The molecule has 2 amide bonds. The van der Waals surface area contributed by atoms with Crippen LogP contribution in [0.2, 0.25) is 0 Å². The Balaban J connectivity index is 1.20. The molecule has 0 spiro atoms. The van der Waals surface area contributed by atoms with E-state index < -0.39 is 0 Å². The van der Waals surface area contributed by atoms with Crippen molar-refractivity contribution < 1.29 is 9.53 Å². The van der Waals surface area contributed by atoms with E-state index in [1.54, 1.807) is 0 Å². The number of carbonyl (C=O) groups is 1. The zero-order valence-corrected chi connectivity index (χ0v) is 19.8. The molecular formula is C27H31N5O2. The Morgan fingerprint density at radius 1 is 1.18 bits per heavy atom. The van der Waals surface area contributed by atoms with Crippen LogP contribution in [0.3, 0.4) is 0 Å². The number of aryl methyl sites for hydroxylation is 1. The number of likely N-dealkylation sites (tertiary alicyclic amines) is 1. The molecule has 1 aromatic heterocycles. The van der Waals surface area contributed by atoms with Gasteiger partial charge in [-0.25, -0.2) is 4.79 Å². The van der Waals surface area contributed by atoms with Gasteiger partial charge in [-0.1, -0.05) is 24.3 Å². The van der Waals surface area contributed by atoms with Gasteiger partial charge in [0, 0.05) is 55.2 Å². The summed E-state index contributed by atoms with van der Waals surface area (Å²) in [4.78, 5) is 17.6. The minimum Gasteiger partial charge on any atom is -0.493 e. The summed E-state index contributed by atoms with van der Waals surface area (Å²) in [6.07, 6.45) is 1.72. The van der Waals surface area contributed by atoms with Crippen LogP contribution in [0.4, 0.5) is 4.79 Å². The van der Waals surface area contributed by atoms with Gasteiger partial charge in [0.2, 0.25) is 0 Å². The lowest BCUT2D eigenvalue weighted by atomic mass is 9.91. The zero-order chi connectivity index (χ0) is 23.2. The van der Waals surface area contributed by atoms with Gasteiger partial charge in [-0.2, -0.15) is 5.10 Å². The fourth-order valence-corrected chi connectivity index (χ4v) is 5.76. The van der Waals surface area contributed by atoms with Gasteiger partial charge in [-0.15, -0.1) is 0 Å².